The summed E-state index contributed by atoms with van der Waals surface area (Å²) in [6.07, 6.45) is 3.19. The van der Waals surface area contributed by atoms with E-state index in [9.17, 15) is 4.79 Å². The average molecular weight is 227 g/mol. The molecule has 92 valence electrons. The predicted octanol–water partition coefficient (Wildman–Crippen LogP) is 0.169. The van der Waals surface area contributed by atoms with Gasteiger partial charge in [0.2, 0.25) is 0 Å². The molecule has 0 radical (unpaired) electrons. The summed E-state index contributed by atoms with van der Waals surface area (Å²) in [5.74, 6) is 0. The Balaban J connectivity index is 1.76. The number of methoxy groups -OCH3 is 1. The summed E-state index contributed by atoms with van der Waals surface area (Å²) in [6.45, 7) is 4.31. The molecule has 5 heteroatoms. The zero-order valence-electron chi connectivity index (χ0n) is 9.87. The van der Waals surface area contributed by atoms with Gasteiger partial charge in [-0.3, -0.25) is 4.90 Å². The van der Waals surface area contributed by atoms with Crippen LogP contribution in [-0.4, -0.2) is 56.4 Å². The molecule has 1 atom stereocenters. The van der Waals surface area contributed by atoms with Crippen molar-refractivity contribution < 1.29 is 9.53 Å². The van der Waals surface area contributed by atoms with Gasteiger partial charge in [-0.05, 0) is 32.4 Å². The maximum Gasteiger partial charge on any atom is 0.407 e. The van der Waals surface area contributed by atoms with Gasteiger partial charge in [0.1, 0.15) is 0 Å². The molecule has 16 heavy (non-hydrogen) atoms. The summed E-state index contributed by atoms with van der Waals surface area (Å²) in [5, 5.41) is 6.25. The van der Waals surface area contributed by atoms with Crippen molar-refractivity contribution in [1.82, 2.24) is 15.5 Å². The van der Waals surface area contributed by atoms with Crippen LogP contribution >= 0.6 is 0 Å². The molecule has 2 aliphatic heterocycles. The van der Waals surface area contributed by atoms with Crippen molar-refractivity contribution in [3.05, 3.63) is 0 Å². The van der Waals surface area contributed by atoms with E-state index in [0.717, 1.165) is 32.6 Å². The normalized spacial score (nSPS) is 27.9. The minimum atomic E-state index is -0.308. The van der Waals surface area contributed by atoms with Crippen molar-refractivity contribution >= 4 is 6.09 Å². The zero-order chi connectivity index (χ0) is 11.4. The van der Waals surface area contributed by atoms with Crippen LogP contribution in [0.2, 0.25) is 0 Å². The third kappa shape index (κ3) is 2.86. The predicted molar refractivity (Wildman–Crippen MR) is 61.4 cm³/mol. The van der Waals surface area contributed by atoms with Crippen LogP contribution in [-0.2, 0) is 4.74 Å². The average Bonchev–Trinajstić information content (AvgIpc) is 2.78. The lowest BCUT2D eigenvalue weighted by atomic mass is 10.1. The summed E-state index contributed by atoms with van der Waals surface area (Å²) in [5.41, 5.74) is 0. The molecule has 2 rings (SSSR count). The number of carbonyl (C=O) groups is 1. The number of rotatable bonds is 2. The Hall–Kier alpha value is -0.810. The molecule has 2 saturated heterocycles. The Bertz CT molecular complexity index is 241. The molecule has 0 bridgehead atoms. The zero-order valence-corrected chi connectivity index (χ0v) is 9.87. The molecule has 0 aromatic rings. The van der Waals surface area contributed by atoms with Gasteiger partial charge >= 0.3 is 6.09 Å². The second kappa shape index (κ2) is 5.50. The van der Waals surface area contributed by atoms with Crippen molar-refractivity contribution in [1.29, 1.82) is 0 Å². The molecular weight excluding hydrogens is 206 g/mol. The van der Waals surface area contributed by atoms with E-state index in [1.54, 1.807) is 0 Å². The Morgan fingerprint density at radius 1 is 1.38 bits per heavy atom. The van der Waals surface area contributed by atoms with E-state index >= 15 is 0 Å². The van der Waals surface area contributed by atoms with Gasteiger partial charge in [0.25, 0.3) is 0 Å². The highest BCUT2D eigenvalue weighted by atomic mass is 16.5. The first-order valence-corrected chi connectivity index (χ1v) is 6.09. The highest BCUT2D eigenvalue weighted by molar-refractivity contribution is 5.67. The van der Waals surface area contributed by atoms with Crippen LogP contribution in [0.25, 0.3) is 0 Å². The quantitative estimate of drug-likeness (QED) is 0.706. The number of nitrogens with one attached hydrogen (secondary N) is 2. The van der Waals surface area contributed by atoms with Gasteiger partial charge in [-0.15, -0.1) is 0 Å². The fourth-order valence-electron chi connectivity index (χ4n) is 2.63. The van der Waals surface area contributed by atoms with Crippen LogP contribution in [0, 0.1) is 0 Å². The second-order valence-electron chi connectivity index (χ2n) is 4.60. The van der Waals surface area contributed by atoms with Gasteiger partial charge in [-0.25, -0.2) is 4.79 Å². The number of piperidine rings is 1. The van der Waals surface area contributed by atoms with Gasteiger partial charge in [0.05, 0.1) is 7.11 Å². The van der Waals surface area contributed by atoms with Crippen LogP contribution in [0.1, 0.15) is 19.3 Å². The standard InChI is InChI=1S/C11H21N3O2/c1-16-11(15)13-9-4-7-14(8-9)10-2-5-12-6-3-10/h9-10,12H,2-8H2,1H3,(H,13,15). The number of hydrogen-bond donors (Lipinski definition) is 2. The molecule has 5 nitrogen and oxygen atoms in total. The summed E-state index contributed by atoms with van der Waals surface area (Å²) in [4.78, 5) is 13.6. The Labute approximate surface area is 96.5 Å². The SMILES string of the molecule is COC(=O)NC1CCN(C2CCNCC2)C1. The van der Waals surface area contributed by atoms with Gasteiger partial charge in [-0.1, -0.05) is 0 Å². The Kier molecular flexibility index (Phi) is 4.01. The first-order valence-electron chi connectivity index (χ1n) is 6.09. The molecule has 1 unspecified atom stereocenters. The lowest BCUT2D eigenvalue weighted by Crippen LogP contribution is -2.44. The van der Waals surface area contributed by atoms with E-state index < -0.39 is 0 Å². The smallest absolute Gasteiger partial charge is 0.407 e. The molecule has 0 aromatic carbocycles. The van der Waals surface area contributed by atoms with Crippen LogP contribution in [0.15, 0.2) is 0 Å². The Morgan fingerprint density at radius 3 is 2.81 bits per heavy atom. The molecular formula is C11H21N3O2. The van der Waals surface area contributed by atoms with E-state index in [2.05, 4.69) is 20.3 Å². The van der Waals surface area contributed by atoms with E-state index in [1.807, 2.05) is 0 Å². The first-order chi connectivity index (χ1) is 7.79. The van der Waals surface area contributed by atoms with Gasteiger partial charge in [-0.2, -0.15) is 0 Å². The van der Waals surface area contributed by atoms with E-state index in [4.69, 9.17) is 0 Å². The van der Waals surface area contributed by atoms with Gasteiger partial charge < -0.3 is 15.4 Å². The Morgan fingerprint density at radius 2 is 2.12 bits per heavy atom. The van der Waals surface area contributed by atoms with Crippen LogP contribution in [0.5, 0.6) is 0 Å². The second-order valence-corrected chi connectivity index (χ2v) is 4.60. The lowest BCUT2D eigenvalue weighted by molar-refractivity contribution is 0.163. The van der Waals surface area contributed by atoms with E-state index in [-0.39, 0.29) is 12.1 Å². The van der Waals surface area contributed by atoms with Crippen molar-refractivity contribution in [3.8, 4) is 0 Å². The lowest BCUT2D eigenvalue weighted by Gasteiger charge is -2.31. The minimum absolute atomic E-state index is 0.266. The molecule has 0 spiro atoms. The third-order valence-electron chi connectivity index (χ3n) is 3.55. The number of carbonyl (C=O) groups excluding carboxylic acids is 1. The fourth-order valence-corrected chi connectivity index (χ4v) is 2.63. The van der Waals surface area contributed by atoms with E-state index in [0.29, 0.717) is 6.04 Å². The highest BCUT2D eigenvalue weighted by Gasteiger charge is 2.29. The monoisotopic (exact) mass is 227 g/mol. The van der Waals surface area contributed by atoms with Gasteiger partial charge in [0.15, 0.2) is 0 Å². The summed E-state index contributed by atoms with van der Waals surface area (Å²) < 4.78 is 4.61. The minimum Gasteiger partial charge on any atom is -0.453 e. The molecule has 2 N–H and O–H groups in total. The third-order valence-corrected chi connectivity index (χ3v) is 3.55. The number of hydrogen-bond acceptors (Lipinski definition) is 4. The summed E-state index contributed by atoms with van der Waals surface area (Å²) in [7, 11) is 1.41. The number of nitrogens with zero attached hydrogens (tertiary/aromatic N) is 1. The van der Waals surface area contributed by atoms with Crippen molar-refractivity contribution in [3.63, 3.8) is 0 Å². The van der Waals surface area contributed by atoms with E-state index in [1.165, 1.54) is 20.0 Å². The molecule has 0 saturated carbocycles. The molecule has 2 aliphatic rings. The number of likely N-dealkylation sites (tertiary alicyclic amines) is 1. The summed E-state index contributed by atoms with van der Waals surface area (Å²) >= 11 is 0. The van der Waals surface area contributed by atoms with Crippen LogP contribution in [0.3, 0.4) is 0 Å². The highest BCUT2D eigenvalue weighted by Crippen LogP contribution is 2.18. The largest absolute Gasteiger partial charge is 0.453 e. The van der Waals surface area contributed by atoms with Crippen molar-refractivity contribution in [2.45, 2.75) is 31.3 Å². The molecule has 2 heterocycles. The summed E-state index contributed by atoms with van der Waals surface area (Å²) in [6, 6.07) is 0.966. The molecule has 0 aliphatic carbocycles. The van der Waals surface area contributed by atoms with Crippen molar-refractivity contribution in [2.75, 3.05) is 33.3 Å². The van der Waals surface area contributed by atoms with Crippen LogP contribution < -0.4 is 10.6 Å². The number of ether oxygens (including phenoxy) is 1. The van der Waals surface area contributed by atoms with Crippen molar-refractivity contribution in [2.24, 2.45) is 0 Å². The first kappa shape index (κ1) is 11.7. The maximum atomic E-state index is 11.1. The maximum absolute atomic E-state index is 11.1. The number of amides is 1. The molecule has 0 aromatic heterocycles. The van der Waals surface area contributed by atoms with Crippen LogP contribution in [0.4, 0.5) is 4.79 Å². The number of alkyl carbamates (subject to hydrolysis) is 1. The molecule has 1 amide bonds. The fraction of sp³-hybridized carbons (Fsp3) is 0.909. The van der Waals surface area contributed by atoms with Gasteiger partial charge in [0, 0.05) is 25.2 Å². The molecule has 2 fully saturated rings. The topological polar surface area (TPSA) is 53.6 Å².